The van der Waals surface area contributed by atoms with Crippen LogP contribution in [0.3, 0.4) is 0 Å². The molecule has 0 saturated heterocycles. The van der Waals surface area contributed by atoms with E-state index >= 15 is 0 Å². The van der Waals surface area contributed by atoms with Crippen LogP contribution in [0.2, 0.25) is 0 Å². The third-order valence-electron chi connectivity index (χ3n) is 7.31. The van der Waals surface area contributed by atoms with Gasteiger partial charge in [-0.05, 0) is 65.1 Å². The first-order chi connectivity index (χ1) is 14.1. The lowest BCUT2D eigenvalue weighted by molar-refractivity contribution is 0.443. The fourth-order valence-corrected chi connectivity index (χ4v) is 5.69. The first-order valence-electron chi connectivity index (χ1n) is 11.0. The molecule has 144 valence electrons. The van der Waals surface area contributed by atoms with E-state index in [0.29, 0.717) is 5.92 Å². The molecule has 0 radical (unpaired) electrons. The van der Waals surface area contributed by atoms with Crippen molar-refractivity contribution < 1.29 is 0 Å². The van der Waals surface area contributed by atoms with Crippen LogP contribution in [0.15, 0.2) is 54.9 Å². The molecule has 2 aliphatic rings. The summed E-state index contributed by atoms with van der Waals surface area (Å²) >= 11 is 0. The van der Waals surface area contributed by atoms with Gasteiger partial charge in [-0.2, -0.15) is 0 Å². The molecule has 6 rings (SSSR count). The highest BCUT2D eigenvalue weighted by Gasteiger charge is 2.35. The highest BCUT2D eigenvalue weighted by atomic mass is 14.7. The van der Waals surface area contributed by atoms with Crippen molar-refractivity contribution >= 4 is 21.7 Å². The summed E-state index contributed by atoms with van der Waals surface area (Å²) in [6, 6.07) is 15.9. The topological polar surface area (TPSA) is 25.8 Å². The molecule has 2 aromatic heterocycles. The zero-order chi connectivity index (χ0) is 19.6. The van der Waals surface area contributed by atoms with E-state index in [2.05, 4.69) is 55.2 Å². The molecule has 2 aromatic carbocycles. The Morgan fingerprint density at radius 3 is 2.55 bits per heavy atom. The normalized spacial score (nSPS) is 18.1. The molecule has 2 heterocycles. The third-order valence-corrected chi connectivity index (χ3v) is 7.31. The van der Waals surface area contributed by atoms with E-state index < -0.39 is 0 Å². The van der Waals surface area contributed by atoms with Crippen LogP contribution in [0.4, 0.5) is 0 Å². The van der Waals surface area contributed by atoms with Gasteiger partial charge >= 0.3 is 0 Å². The molecule has 0 unspecified atom stereocenters. The summed E-state index contributed by atoms with van der Waals surface area (Å²) in [5, 5.41) is 3.87. The van der Waals surface area contributed by atoms with Gasteiger partial charge in [-0.15, -0.1) is 0 Å². The minimum Gasteiger partial charge on any atom is -0.256 e. The molecule has 29 heavy (non-hydrogen) atoms. The molecule has 1 saturated carbocycles. The molecule has 0 spiro atoms. The second-order valence-electron chi connectivity index (χ2n) is 9.38. The molecule has 2 aliphatic carbocycles. The standard InChI is InChI=1S/C27H26N2/c1-27(2)22-16-24-18(9-6-11-28-24)14-21(22)26-25-19(10-12-29-26)13-20(15-23(25)27)17-7-4-3-5-8-17/h6,9-17H,3-5,7-8H2,1-2H3. The number of nitrogens with zero attached hydrogens (tertiary/aromatic N) is 2. The highest BCUT2D eigenvalue weighted by molar-refractivity contribution is 6.03. The van der Waals surface area contributed by atoms with Crippen LogP contribution in [0.1, 0.15) is 68.6 Å². The van der Waals surface area contributed by atoms with E-state index in [-0.39, 0.29) is 5.41 Å². The van der Waals surface area contributed by atoms with Gasteiger partial charge in [0.05, 0.1) is 11.2 Å². The van der Waals surface area contributed by atoms with E-state index in [1.165, 1.54) is 70.5 Å². The lowest BCUT2D eigenvalue weighted by Gasteiger charge is -2.36. The second-order valence-corrected chi connectivity index (χ2v) is 9.38. The van der Waals surface area contributed by atoms with Gasteiger partial charge in [0.1, 0.15) is 0 Å². The van der Waals surface area contributed by atoms with Crippen LogP contribution in [-0.4, -0.2) is 9.97 Å². The van der Waals surface area contributed by atoms with Gasteiger partial charge in [-0.1, -0.05) is 51.3 Å². The van der Waals surface area contributed by atoms with Crippen LogP contribution in [-0.2, 0) is 5.41 Å². The Morgan fingerprint density at radius 2 is 1.69 bits per heavy atom. The van der Waals surface area contributed by atoms with Crippen molar-refractivity contribution in [1.29, 1.82) is 0 Å². The van der Waals surface area contributed by atoms with Gasteiger partial charge < -0.3 is 0 Å². The van der Waals surface area contributed by atoms with Crippen LogP contribution in [0, 0.1) is 0 Å². The molecule has 0 atom stereocenters. The quantitative estimate of drug-likeness (QED) is 0.352. The van der Waals surface area contributed by atoms with Crippen molar-refractivity contribution in [3.05, 3.63) is 71.5 Å². The smallest absolute Gasteiger partial charge is 0.0786 e. The van der Waals surface area contributed by atoms with E-state index in [4.69, 9.17) is 4.98 Å². The summed E-state index contributed by atoms with van der Waals surface area (Å²) in [5.41, 5.74) is 7.70. The summed E-state index contributed by atoms with van der Waals surface area (Å²) in [6.07, 6.45) is 10.7. The minimum absolute atomic E-state index is 0.0694. The molecule has 4 aromatic rings. The second kappa shape index (κ2) is 6.13. The summed E-state index contributed by atoms with van der Waals surface area (Å²) in [4.78, 5) is 9.50. The number of hydrogen-bond donors (Lipinski definition) is 0. The zero-order valence-corrected chi connectivity index (χ0v) is 17.2. The van der Waals surface area contributed by atoms with Crippen molar-refractivity contribution in [3.63, 3.8) is 0 Å². The Balaban J connectivity index is 1.67. The largest absolute Gasteiger partial charge is 0.256 e. The van der Waals surface area contributed by atoms with Crippen molar-refractivity contribution in [1.82, 2.24) is 9.97 Å². The maximum Gasteiger partial charge on any atom is 0.0786 e. The van der Waals surface area contributed by atoms with Crippen molar-refractivity contribution in [2.75, 3.05) is 0 Å². The van der Waals surface area contributed by atoms with E-state index in [9.17, 15) is 0 Å². The number of benzene rings is 2. The zero-order valence-electron chi connectivity index (χ0n) is 17.2. The van der Waals surface area contributed by atoms with Crippen molar-refractivity contribution in [3.8, 4) is 11.3 Å². The Morgan fingerprint density at radius 1 is 0.828 bits per heavy atom. The van der Waals surface area contributed by atoms with Crippen molar-refractivity contribution in [2.24, 2.45) is 0 Å². The molecule has 0 N–H and O–H groups in total. The molecule has 0 amide bonds. The van der Waals surface area contributed by atoms with Crippen LogP contribution in [0.5, 0.6) is 0 Å². The van der Waals surface area contributed by atoms with Crippen LogP contribution >= 0.6 is 0 Å². The number of fused-ring (bicyclic) bond motifs is 3. The van der Waals surface area contributed by atoms with E-state index in [1.807, 2.05) is 18.5 Å². The van der Waals surface area contributed by atoms with Crippen molar-refractivity contribution in [2.45, 2.75) is 57.3 Å². The summed E-state index contributed by atoms with van der Waals surface area (Å²) in [5.74, 6) is 0.705. The first kappa shape index (κ1) is 17.1. The Hall–Kier alpha value is -2.74. The molecule has 0 bridgehead atoms. The fourth-order valence-electron chi connectivity index (χ4n) is 5.69. The monoisotopic (exact) mass is 378 g/mol. The lowest BCUT2D eigenvalue weighted by atomic mass is 9.68. The molecule has 2 heteroatoms. The SMILES string of the molecule is CC1(C)c2cc3ncccc3cc2-c2nccc3cc(C4CCCCC4)cc1c23. The molecule has 0 aliphatic heterocycles. The van der Waals surface area contributed by atoms with Crippen LogP contribution < -0.4 is 0 Å². The molecular formula is C27H26N2. The third kappa shape index (κ3) is 2.48. The lowest BCUT2D eigenvalue weighted by Crippen LogP contribution is -2.25. The maximum atomic E-state index is 4.87. The predicted octanol–water partition coefficient (Wildman–Crippen LogP) is 7.14. The average Bonchev–Trinajstić information content (AvgIpc) is 2.77. The summed E-state index contributed by atoms with van der Waals surface area (Å²) in [7, 11) is 0. The van der Waals surface area contributed by atoms with Gasteiger partial charge in [-0.3, -0.25) is 9.97 Å². The Kier molecular flexibility index (Phi) is 3.62. The Labute approximate surface area is 172 Å². The fraction of sp³-hybridized carbons (Fsp3) is 0.333. The Bertz CT molecular complexity index is 1260. The highest BCUT2D eigenvalue weighted by Crippen LogP contribution is 2.50. The first-order valence-corrected chi connectivity index (χ1v) is 11.0. The number of rotatable bonds is 1. The number of pyridine rings is 2. The van der Waals surface area contributed by atoms with E-state index in [0.717, 1.165) is 11.2 Å². The summed E-state index contributed by atoms with van der Waals surface area (Å²) in [6.45, 7) is 4.74. The molecule has 1 fully saturated rings. The van der Waals surface area contributed by atoms with Gasteiger partial charge in [0.25, 0.3) is 0 Å². The number of hydrogen-bond acceptors (Lipinski definition) is 2. The minimum atomic E-state index is -0.0694. The van der Waals surface area contributed by atoms with Gasteiger partial charge in [0, 0.05) is 34.1 Å². The van der Waals surface area contributed by atoms with Gasteiger partial charge in [0.2, 0.25) is 0 Å². The predicted molar refractivity (Wildman–Crippen MR) is 120 cm³/mol. The van der Waals surface area contributed by atoms with Gasteiger partial charge in [0.15, 0.2) is 0 Å². The summed E-state index contributed by atoms with van der Waals surface area (Å²) < 4.78 is 0. The average molecular weight is 379 g/mol. The van der Waals surface area contributed by atoms with Gasteiger partial charge in [-0.25, -0.2) is 0 Å². The number of aromatic nitrogens is 2. The maximum absolute atomic E-state index is 4.87. The molecule has 2 nitrogen and oxygen atoms in total. The van der Waals surface area contributed by atoms with Crippen LogP contribution in [0.25, 0.3) is 32.9 Å². The molecular weight excluding hydrogens is 352 g/mol. The van der Waals surface area contributed by atoms with E-state index in [1.54, 1.807) is 0 Å².